The normalized spacial score (nSPS) is 15.8. The third-order valence-corrected chi connectivity index (χ3v) is 2.40. The first-order valence-electron chi connectivity index (χ1n) is 4.61. The van der Waals surface area contributed by atoms with E-state index in [1.165, 1.54) is 0 Å². The number of aromatic nitrogens is 1. The van der Waals surface area contributed by atoms with Crippen molar-refractivity contribution in [2.45, 2.75) is 32.3 Å². The molecule has 0 radical (unpaired) electrons. The van der Waals surface area contributed by atoms with Gasteiger partial charge in [-0.2, -0.15) is 0 Å². The molecule has 2 rings (SSSR count). The Balaban J connectivity index is 2.27. The minimum absolute atomic E-state index is 0.381. The number of nitrogens with zero attached hydrogens (tertiary/aromatic N) is 1. The van der Waals surface area contributed by atoms with Crippen molar-refractivity contribution in [3.8, 4) is 5.75 Å². The number of pyridine rings is 1. The molecule has 0 unspecified atom stereocenters. The third kappa shape index (κ3) is 1.94. The van der Waals surface area contributed by atoms with E-state index in [1.54, 1.807) is 6.20 Å². The minimum atomic E-state index is 0.381. The lowest BCUT2D eigenvalue weighted by Crippen LogP contribution is -2.00. The molecule has 70 valence electrons. The number of halogens is 1. The van der Waals surface area contributed by atoms with Crippen LogP contribution in [0.4, 0.5) is 0 Å². The van der Waals surface area contributed by atoms with Gasteiger partial charge in [0.2, 0.25) is 0 Å². The summed E-state index contributed by atoms with van der Waals surface area (Å²) in [6.45, 7) is 2.09. The molecular formula is C10H12ClNO. The van der Waals surface area contributed by atoms with Gasteiger partial charge in [0.15, 0.2) is 10.9 Å². The maximum absolute atomic E-state index is 5.94. The first-order chi connectivity index (χ1) is 6.31. The average molecular weight is 198 g/mol. The third-order valence-electron chi connectivity index (χ3n) is 2.13. The monoisotopic (exact) mass is 197 g/mol. The van der Waals surface area contributed by atoms with Crippen LogP contribution in [0.5, 0.6) is 5.75 Å². The van der Waals surface area contributed by atoms with Gasteiger partial charge in [0.05, 0.1) is 6.10 Å². The molecule has 1 fully saturated rings. The Labute approximate surface area is 82.9 Å². The summed E-state index contributed by atoms with van der Waals surface area (Å²) in [5, 5.41) is 0.492. The van der Waals surface area contributed by atoms with Gasteiger partial charge in [0, 0.05) is 6.20 Å². The zero-order valence-corrected chi connectivity index (χ0v) is 8.34. The summed E-state index contributed by atoms with van der Waals surface area (Å²) < 4.78 is 5.68. The second-order valence-corrected chi connectivity index (χ2v) is 3.62. The maximum atomic E-state index is 5.94. The summed E-state index contributed by atoms with van der Waals surface area (Å²) in [5.41, 5.74) is 1.15. The molecular weight excluding hydrogens is 186 g/mol. The first kappa shape index (κ1) is 8.82. The summed E-state index contributed by atoms with van der Waals surface area (Å²) in [7, 11) is 0. The fourth-order valence-corrected chi connectivity index (χ4v) is 1.44. The number of rotatable bonds is 3. The molecule has 1 aliphatic carbocycles. The van der Waals surface area contributed by atoms with Gasteiger partial charge >= 0.3 is 0 Å². The Morgan fingerprint density at radius 3 is 3.00 bits per heavy atom. The Bertz CT molecular complexity index is 310. The molecule has 0 amide bonds. The van der Waals surface area contributed by atoms with Gasteiger partial charge in [-0.15, -0.1) is 0 Å². The van der Waals surface area contributed by atoms with Crippen molar-refractivity contribution in [1.29, 1.82) is 0 Å². The maximum Gasteiger partial charge on any atom is 0.171 e. The lowest BCUT2D eigenvalue weighted by Gasteiger charge is -2.09. The van der Waals surface area contributed by atoms with Gasteiger partial charge in [-0.25, -0.2) is 4.98 Å². The van der Waals surface area contributed by atoms with Crippen LogP contribution in [0.15, 0.2) is 12.3 Å². The van der Waals surface area contributed by atoms with Crippen LogP contribution in [0, 0.1) is 0 Å². The Morgan fingerprint density at radius 1 is 1.62 bits per heavy atom. The van der Waals surface area contributed by atoms with E-state index < -0.39 is 0 Å². The summed E-state index contributed by atoms with van der Waals surface area (Å²) in [6, 6.07) is 1.96. The summed E-state index contributed by atoms with van der Waals surface area (Å²) in [4.78, 5) is 4.01. The highest BCUT2D eigenvalue weighted by molar-refractivity contribution is 6.30. The highest BCUT2D eigenvalue weighted by Crippen LogP contribution is 2.33. The fourth-order valence-electron chi connectivity index (χ4n) is 1.21. The van der Waals surface area contributed by atoms with E-state index in [1.807, 2.05) is 6.07 Å². The molecule has 13 heavy (non-hydrogen) atoms. The number of hydrogen-bond acceptors (Lipinski definition) is 2. The van der Waals surface area contributed by atoms with Crippen molar-refractivity contribution >= 4 is 11.6 Å². The molecule has 1 aromatic heterocycles. The van der Waals surface area contributed by atoms with Crippen molar-refractivity contribution < 1.29 is 4.74 Å². The van der Waals surface area contributed by atoms with Crippen LogP contribution in [0.2, 0.25) is 5.15 Å². The lowest BCUT2D eigenvalue weighted by atomic mass is 10.2. The highest BCUT2D eigenvalue weighted by atomic mass is 35.5. The van der Waals surface area contributed by atoms with Crippen LogP contribution in [0.25, 0.3) is 0 Å². The zero-order chi connectivity index (χ0) is 9.26. The Kier molecular flexibility index (Phi) is 2.40. The minimum Gasteiger partial charge on any atom is -0.487 e. The molecule has 0 atom stereocenters. The van der Waals surface area contributed by atoms with Gasteiger partial charge in [0.1, 0.15) is 0 Å². The number of hydrogen-bond donors (Lipinski definition) is 0. The largest absolute Gasteiger partial charge is 0.487 e. The topological polar surface area (TPSA) is 22.1 Å². The molecule has 1 aromatic rings. The number of ether oxygens (including phenoxy) is 1. The Hall–Kier alpha value is -0.760. The van der Waals surface area contributed by atoms with Crippen LogP contribution < -0.4 is 4.74 Å². The van der Waals surface area contributed by atoms with E-state index in [9.17, 15) is 0 Å². The van der Waals surface area contributed by atoms with Gasteiger partial charge < -0.3 is 4.74 Å². The van der Waals surface area contributed by atoms with Crippen molar-refractivity contribution in [3.05, 3.63) is 23.0 Å². The predicted molar refractivity (Wildman–Crippen MR) is 52.3 cm³/mol. The highest BCUT2D eigenvalue weighted by Gasteiger charge is 2.25. The zero-order valence-electron chi connectivity index (χ0n) is 7.59. The Morgan fingerprint density at radius 2 is 2.38 bits per heavy atom. The smallest absolute Gasteiger partial charge is 0.171 e. The summed E-state index contributed by atoms with van der Waals surface area (Å²) in [6.07, 6.45) is 5.33. The van der Waals surface area contributed by atoms with Gasteiger partial charge in [-0.3, -0.25) is 0 Å². The molecule has 1 saturated carbocycles. The molecule has 0 aromatic carbocycles. The van der Waals surface area contributed by atoms with E-state index in [4.69, 9.17) is 16.3 Å². The predicted octanol–water partition coefficient (Wildman–Crippen LogP) is 2.84. The molecule has 0 N–H and O–H groups in total. The van der Waals surface area contributed by atoms with Crippen molar-refractivity contribution in [3.63, 3.8) is 0 Å². The molecule has 0 bridgehead atoms. The molecule has 3 heteroatoms. The molecule has 0 saturated heterocycles. The van der Waals surface area contributed by atoms with Crippen molar-refractivity contribution in [2.24, 2.45) is 0 Å². The van der Waals surface area contributed by atoms with E-state index in [0.717, 1.165) is 30.6 Å². The van der Waals surface area contributed by atoms with E-state index in [-0.39, 0.29) is 0 Å². The summed E-state index contributed by atoms with van der Waals surface area (Å²) in [5.74, 6) is 0.786. The van der Waals surface area contributed by atoms with E-state index in [0.29, 0.717) is 11.3 Å². The van der Waals surface area contributed by atoms with Crippen LogP contribution in [0.1, 0.15) is 25.3 Å². The van der Waals surface area contributed by atoms with Gasteiger partial charge in [-0.1, -0.05) is 18.5 Å². The summed E-state index contributed by atoms with van der Waals surface area (Å²) >= 11 is 5.94. The molecule has 0 aliphatic heterocycles. The quantitative estimate of drug-likeness (QED) is 0.696. The van der Waals surface area contributed by atoms with Gasteiger partial charge in [0.25, 0.3) is 0 Å². The van der Waals surface area contributed by atoms with Gasteiger partial charge in [-0.05, 0) is 30.9 Å². The van der Waals surface area contributed by atoms with Crippen molar-refractivity contribution in [1.82, 2.24) is 4.98 Å². The molecule has 0 spiro atoms. The molecule has 1 heterocycles. The lowest BCUT2D eigenvalue weighted by molar-refractivity contribution is 0.299. The van der Waals surface area contributed by atoms with Crippen LogP contribution >= 0.6 is 11.6 Å². The SMILES string of the molecule is CCc1ccnc(Cl)c1OC1CC1. The standard InChI is InChI=1S/C10H12ClNO/c1-2-7-5-6-12-10(11)9(7)13-8-3-4-8/h5-6,8H,2-4H2,1H3. The van der Waals surface area contributed by atoms with Crippen LogP contribution in [-0.2, 0) is 6.42 Å². The molecule has 1 aliphatic rings. The number of aryl methyl sites for hydroxylation is 1. The first-order valence-corrected chi connectivity index (χ1v) is 4.99. The second kappa shape index (κ2) is 3.54. The second-order valence-electron chi connectivity index (χ2n) is 3.26. The van der Waals surface area contributed by atoms with Crippen molar-refractivity contribution in [2.75, 3.05) is 0 Å². The molecule has 2 nitrogen and oxygen atoms in total. The van der Waals surface area contributed by atoms with Crippen LogP contribution in [-0.4, -0.2) is 11.1 Å². The average Bonchev–Trinajstić information content (AvgIpc) is 2.92. The fraction of sp³-hybridized carbons (Fsp3) is 0.500. The van der Waals surface area contributed by atoms with E-state index in [2.05, 4.69) is 11.9 Å². The van der Waals surface area contributed by atoms with Crippen LogP contribution in [0.3, 0.4) is 0 Å². The van der Waals surface area contributed by atoms with E-state index >= 15 is 0 Å².